The van der Waals surface area contributed by atoms with Crippen molar-refractivity contribution in [1.29, 1.82) is 0 Å². The summed E-state index contributed by atoms with van der Waals surface area (Å²) < 4.78 is 0. The van der Waals surface area contributed by atoms with Crippen molar-refractivity contribution in [1.82, 2.24) is 15.1 Å². The minimum atomic E-state index is 0.622. The molecule has 1 aromatic heterocycles. The van der Waals surface area contributed by atoms with E-state index in [-0.39, 0.29) is 0 Å². The quantitative estimate of drug-likeness (QED) is 0.555. The van der Waals surface area contributed by atoms with Gasteiger partial charge in [0.05, 0.1) is 6.54 Å². The van der Waals surface area contributed by atoms with E-state index in [1.807, 2.05) is 11.3 Å². The van der Waals surface area contributed by atoms with E-state index in [0.717, 1.165) is 44.6 Å². The second-order valence-electron chi connectivity index (χ2n) is 6.55. The first-order chi connectivity index (χ1) is 11.1. The monoisotopic (exact) mass is 336 g/mol. The third kappa shape index (κ3) is 6.15. The standard InChI is InChI=1S/C18H32N4S/c1-5-19-18(21(4)12-10-17-7-6-14-23-17)20-11-13-22(15(2)3)16-8-9-16/h6-7,14-16H,5,8-13H2,1-4H3,(H,19,20). The summed E-state index contributed by atoms with van der Waals surface area (Å²) >= 11 is 1.83. The molecule has 1 fully saturated rings. The van der Waals surface area contributed by atoms with Crippen LogP contribution in [-0.4, -0.2) is 61.1 Å². The molecule has 1 heterocycles. The second kappa shape index (κ2) is 9.28. The van der Waals surface area contributed by atoms with Crippen LogP contribution < -0.4 is 5.32 Å². The van der Waals surface area contributed by atoms with Crippen molar-refractivity contribution in [3.8, 4) is 0 Å². The van der Waals surface area contributed by atoms with Crippen molar-refractivity contribution in [3.05, 3.63) is 22.4 Å². The Morgan fingerprint density at radius 2 is 2.17 bits per heavy atom. The fourth-order valence-electron chi connectivity index (χ4n) is 2.85. The van der Waals surface area contributed by atoms with Crippen LogP contribution >= 0.6 is 11.3 Å². The minimum absolute atomic E-state index is 0.622. The Labute approximate surface area is 145 Å². The average molecular weight is 337 g/mol. The number of hydrogen-bond acceptors (Lipinski definition) is 3. The summed E-state index contributed by atoms with van der Waals surface area (Å²) in [6, 6.07) is 5.76. The Hall–Kier alpha value is -1.07. The smallest absolute Gasteiger partial charge is 0.193 e. The van der Waals surface area contributed by atoms with Gasteiger partial charge in [0.25, 0.3) is 0 Å². The molecule has 0 aliphatic heterocycles. The summed E-state index contributed by atoms with van der Waals surface area (Å²) in [5, 5.41) is 5.57. The highest BCUT2D eigenvalue weighted by atomic mass is 32.1. The van der Waals surface area contributed by atoms with Crippen molar-refractivity contribution in [2.24, 2.45) is 4.99 Å². The highest BCUT2D eigenvalue weighted by Crippen LogP contribution is 2.28. The predicted molar refractivity (Wildman–Crippen MR) is 101 cm³/mol. The van der Waals surface area contributed by atoms with Gasteiger partial charge in [0.1, 0.15) is 0 Å². The van der Waals surface area contributed by atoms with Gasteiger partial charge in [-0.3, -0.25) is 9.89 Å². The molecule has 1 aliphatic rings. The molecule has 0 amide bonds. The minimum Gasteiger partial charge on any atom is -0.357 e. The Kier molecular flexibility index (Phi) is 7.37. The summed E-state index contributed by atoms with van der Waals surface area (Å²) in [5.41, 5.74) is 0. The van der Waals surface area contributed by atoms with E-state index in [0.29, 0.717) is 6.04 Å². The number of likely N-dealkylation sites (N-methyl/N-ethyl adjacent to an activating group) is 1. The average Bonchev–Trinajstić information content (AvgIpc) is 3.22. The number of rotatable bonds is 9. The van der Waals surface area contributed by atoms with E-state index in [9.17, 15) is 0 Å². The Bertz CT molecular complexity index is 463. The van der Waals surface area contributed by atoms with Gasteiger partial charge in [-0.2, -0.15) is 0 Å². The lowest BCUT2D eigenvalue weighted by Crippen LogP contribution is -2.41. The lowest BCUT2D eigenvalue weighted by molar-refractivity contribution is 0.217. The van der Waals surface area contributed by atoms with Crippen LogP contribution in [-0.2, 0) is 6.42 Å². The normalized spacial score (nSPS) is 15.5. The molecule has 0 atom stereocenters. The molecule has 1 N–H and O–H groups in total. The molecule has 23 heavy (non-hydrogen) atoms. The van der Waals surface area contributed by atoms with Gasteiger partial charge in [-0.15, -0.1) is 11.3 Å². The van der Waals surface area contributed by atoms with Crippen molar-refractivity contribution in [2.75, 3.05) is 33.2 Å². The first-order valence-corrected chi connectivity index (χ1v) is 9.77. The van der Waals surface area contributed by atoms with Crippen LogP contribution in [0.15, 0.2) is 22.5 Å². The SMILES string of the molecule is CCNC(=NCCN(C(C)C)C1CC1)N(C)CCc1cccs1. The largest absolute Gasteiger partial charge is 0.357 e. The number of aliphatic imine (C=N–C) groups is 1. The third-order valence-electron chi connectivity index (χ3n) is 4.27. The lowest BCUT2D eigenvalue weighted by Gasteiger charge is -2.26. The molecule has 1 aromatic rings. The zero-order chi connectivity index (χ0) is 16.7. The highest BCUT2D eigenvalue weighted by Gasteiger charge is 2.30. The van der Waals surface area contributed by atoms with Gasteiger partial charge < -0.3 is 10.2 Å². The van der Waals surface area contributed by atoms with Crippen LogP contribution in [0.4, 0.5) is 0 Å². The van der Waals surface area contributed by atoms with Crippen molar-refractivity contribution in [2.45, 2.75) is 52.1 Å². The molecule has 5 heteroatoms. The van der Waals surface area contributed by atoms with Crippen LogP contribution in [0.1, 0.15) is 38.5 Å². The molecule has 0 spiro atoms. The molecule has 1 saturated carbocycles. The predicted octanol–water partition coefficient (Wildman–Crippen LogP) is 3.06. The van der Waals surface area contributed by atoms with E-state index < -0.39 is 0 Å². The molecule has 0 saturated heterocycles. The summed E-state index contributed by atoms with van der Waals surface area (Å²) in [7, 11) is 2.14. The van der Waals surface area contributed by atoms with E-state index in [1.165, 1.54) is 17.7 Å². The van der Waals surface area contributed by atoms with Gasteiger partial charge in [-0.05, 0) is 51.5 Å². The molecule has 4 nitrogen and oxygen atoms in total. The van der Waals surface area contributed by atoms with Crippen LogP contribution in [0.25, 0.3) is 0 Å². The fraction of sp³-hybridized carbons (Fsp3) is 0.722. The van der Waals surface area contributed by atoms with Crippen LogP contribution in [0.5, 0.6) is 0 Å². The molecule has 1 aliphatic carbocycles. The maximum Gasteiger partial charge on any atom is 0.193 e. The first-order valence-electron chi connectivity index (χ1n) is 8.89. The number of nitrogens with one attached hydrogen (secondary N) is 1. The summed E-state index contributed by atoms with van der Waals surface area (Å²) in [6.07, 6.45) is 3.81. The molecule has 0 aromatic carbocycles. The molecule has 2 rings (SSSR count). The van der Waals surface area contributed by atoms with E-state index in [2.05, 4.69) is 60.4 Å². The van der Waals surface area contributed by atoms with Gasteiger partial charge >= 0.3 is 0 Å². The summed E-state index contributed by atoms with van der Waals surface area (Å²) in [4.78, 5) is 11.1. The maximum atomic E-state index is 4.84. The van der Waals surface area contributed by atoms with Crippen molar-refractivity contribution >= 4 is 17.3 Å². The number of nitrogens with zero attached hydrogens (tertiary/aromatic N) is 3. The molecule has 0 radical (unpaired) electrons. The van der Waals surface area contributed by atoms with Crippen LogP contribution in [0.3, 0.4) is 0 Å². The summed E-state index contributed by atoms with van der Waals surface area (Å²) in [6.45, 7) is 10.6. The maximum absolute atomic E-state index is 4.84. The topological polar surface area (TPSA) is 30.9 Å². The molecular weight excluding hydrogens is 304 g/mol. The molecular formula is C18H32N4S. The summed E-state index contributed by atoms with van der Waals surface area (Å²) in [5.74, 6) is 1.03. The zero-order valence-corrected chi connectivity index (χ0v) is 15.9. The Morgan fingerprint density at radius 3 is 2.74 bits per heavy atom. The van der Waals surface area contributed by atoms with Crippen molar-refractivity contribution < 1.29 is 0 Å². The lowest BCUT2D eigenvalue weighted by atomic mass is 10.3. The van der Waals surface area contributed by atoms with Crippen LogP contribution in [0.2, 0.25) is 0 Å². The van der Waals surface area contributed by atoms with Gasteiger partial charge in [-0.1, -0.05) is 6.07 Å². The zero-order valence-electron chi connectivity index (χ0n) is 15.1. The Balaban J connectivity index is 1.82. The van der Waals surface area contributed by atoms with Gasteiger partial charge in [0.2, 0.25) is 0 Å². The Morgan fingerprint density at radius 1 is 1.39 bits per heavy atom. The highest BCUT2D eigenvalue weighted by molar-refractivity contribution is 7.09. The van der Waals surface area contributed by atoms with E-state index >= 15 is 0 Å². The van der Waals surface area contributed by atoms with Gasteiger partial charge in [-0.25, -0.2) is 0 Å². The number of guanidine groups is 1. The number of hydrogen-bond donors (Lipinski definition) is 1. The number of thiophene rings is 1. The van der Waals surface area contributed by atoms with Crippen molar-refractivity contribution in [3.63, 3.8) is 0 Å². The molecule has 0 bridgehead atoms. The second-order valence-corrected chi connectivity index (χ2v) is 7.58. The van der Waals surface area contributed by atoms with E-state index in [1.54, 1.807) is 0 Å². The molecule has 130 valence electrons. The van der Waals surface area contributed by atoms with Gasteiger partial charge in [0, 0.05) is 43.6 Å². The van der Waals surface area contributed by atoms with E-state index in [4.69, 9.17) is 4.99 Å². The first kappa shape index (κ1) is 18.3. The molecule has 0 unspecified atom stereocenters. The van der Waals surface area contributed by atoms with Crippen LogP contribution in [0, 0.1) is 0 Å². The third-order valence-corrected chi connectivity index (χ3v) is 5.21. The van der Waals surface area contributed by atoms with Gasteiger partial charge in [0.15, 0.2) is 5.96 Å². The fourth-order valence-corrected chi connectivity index (χ4v) is 3.55.